The number of anilines is 3. The van der Waals surface area contributed by atoms with Crippen LogP contribution in [0.25, 0.3) is 0 Å². The molecule has 2 rings (SSSR count). The fourth-order valence-corrected chi connectivity index (χ4v) is 1.97. The van der Waals surface area contributed by atoms with Gasteiger partial charge in [-0.2, -0.15) is 9.97 Å². The van der Waals surface area contributed by atoms with Gasteiger partial charge in [-0.05, 0) is 12.8 Å². The molecule has 1 aliphatic rings. The maximum Gasteiger partial charge on any atom is 0.223 e. The quantitative estimate of drug-likeness (QED) is 0.609. The molecule has 0 bridgehead atoms. The lowest BCUT2D eigenvalue weighted by atomic mass is 10.1. The molecule has 0 saturated carbocycles. The molecule has 1 aromatic rings. The fourth-order valence-electron chi connectivity index (χ4n) is 1.80. The molecule has 1 aliphatic heterocycles. The van der Waals surface area contributed by atoms with Crippen molar-refractivity contribution in [2.24, 2.45) is 5.73 Å². The van der Waals surface area contributed by atoms with Gasteiger partial charge in [0.15, 0.2) is 11.0 Å². The summed E-state index contributed by atoms with van der Waals surface area (Å²) in [6.45, 7) is 1.64. The summed E-state index contributed by atoms with van der Waals surface area (Å²) in [6.07, 6.45) is 1.84. The summed E-state index contributed by atoms with van der Waals surface area (Å²) in [5, 5.41) is 0.206. The van der Waals surface area contributed by atoms with E-state index < -0.39 is 0 Å². The first-order valence-corrected chi connectivity index (χ1v) is 5.54. The summed E-state index contributed by atoms with van der Waals surface area (Å²) in [4.78, 5) is 9.97. The van der Waals surface area contributed by atoms with E-state index in [9.17, 15) is 0 Å². The average Bonchev–Trinajstić information content (AvgIpc) is 2.25. The maximum atomic E-state index is 5.86. The van der Waals surface area contributed by atoms with E-state index in [1.165, 1.54) is 0 Å². The monoisotopic (exact) mass is 242 g/mol. The summed E-state index contributed by atoms with van der Waals surface area (Å²) in [6, 6.07) is 0.257. The molecule has 0 aromatic carbocycles. The van der Waals surface area contributed by atoms with Gasteiger partial charge in [0.1, 0.15) is 5.69 Å². The highest BCUT2D eigenvalue weighted by Gasteiger charge is 2.21. The van der Waals surface area contributed by atoms with E-state index in [0.29, 0.717) is 11.5 Å². The minimum atomic E-state index is 0.143. The molecule has 1 aromatic heterocycles. The molecule has 88 valence electrons. The predicted molar refractivity (Wildman–Crippen MR) is 65.3 cm³/mol. The van der Waals surface area contributed by atoms with Crippen LogP contribution in [0.1, 0.15) is 12.8 Å². The molecule has 1 fully saturated rings. The third kappa shape index (κ3) is 2.12. The Bertz CT molecular complexity index is 388. The molecule has 6 N–H and O–H groups in total. The lowest BCUT2D eigenvalue weighted by molar-refractivity contribution is 0.499. The van der Waals surface area contributed by atoms with Crippen molar-refractivity contribution >= 4 is 29.1 Å². The third-order valence-corrected chi connectivity index (χ3v) is 3.02. The molecular weight excluding hydrogens is 228 g/mol. The lowest BCUT2D eigenvalue weighted by Gasteiger charge is -2.31. The standard InChI is InChI=1S/C9H15ClN6/c10-7-6(12)8(15-9(13)14-7)16-3-1-5(11)2-4-16/h5H,1-4,11-12H2,(H2,13,14,15). The van der Waals surface area contributed by atoms with Crippen LogP contribution >= 0.6 is 11.6 Å². The van der Waals surface area contributed by atoms with Gasteiger partial charge in [0.05, 0.1) is 0 Å². The smallest absolute Gasteiger partial charge is 0.223 e. The largest absolute Gasteiger partial charge is 0.393 e. The molecule has 2 heterocycles. The van der Waals surface area contributed by atoms with Gasteiger partial charge in [-0.1, -0.05) is 11.6 Å². The van der Waals surface area contributed by atoms with Crippen molar-refractivity contribution in [3.05, 3.63) is 5.15 Å². The van der Waals surface area contributed by atoms with Crippen LogP contribution in [0.2, 0.25) is 5.15 Å². The first-order chi connectivity index (χ1) is 7.58. The number of aromatic nitrogens is 2. The van der Waals surface area contributed by atoms with Gasteiger partial charge >= 0.3 is 0 Å². The molecule has 0 atom stereocenters. The number of piperidine rings is 1. The number of nitrogens with zero attached hydrogens (tertiary/aromatic N) is 3. The van der Waals surface area contributed by atoms with E-state index in [-0.39, 0.29) is 17.1 Å². The number of rotatable bonds is 1. The maximum absolute atomic E-state index is 5.86. The number of hydrogen-bond donors (Lipinski definition) is 3. The minimum Gasteiger partial charge on any atom is -0.393 e. The van der Waals surface area contributed by atoms with Crippen LogP contribution < -0.4 is 22.1 Å². The van der Waals surface area contributed by atoms with Gasteiger partial charge in [-0.15, -0.1) is 0 Å². The van der Waals surface area contributed by atoms with Crippen molar-refractivity contribution in [1.29, 1.82) is 0 Å². The second-order valence-corrected chi connectivity index (χ2v) is 4.29. The Hall–Kier alpha value is -1.27. The van der Waals surface area contributed by atoms with Crippen LogP contribution in [-0.4, -0.2) is 29.1 Å². The van der Waals surface area contributed by atoms with Crippen LogP contribution in [0.4, 0.5) is 17.5 Å². The fraction of sp³-hybridized carbons (Fsp3) is 0.556. The third-order valence-electron chi connectivity index (χ3n) is 2.74. The first kappa shape index (κ1) is 11.2. The molecule has 0 aliphatic carbocycles. The number of nitrogen functional groups attached to an aromatic ring is 2. The average molecular weight is 243 g/mol. The van der Waals surface area contributed by atoms with Gasteiger partial charge < -0.3 is 22.1 Å². The van der Waals surface area contributed by atoms with Crippen molar-refractivity contribution in [2.45, 2.75) is 18.9 Å². The zero-order valence-corrected chi connectivity index (χ0v) is 9.61. The van der Waals surface area contributed by atoms with Crippen LogP contribution in [0.5, 0.6) is 0 Å². The first-order valence-electron chi connectivity index (χ1n) is 5.17. The Kier molecular flexibility index (Phi) is 3.02. The van der Waals surface area contributed by atoms with E-state index in [1.54, 1.807) is 0 Å². The van der Waals surface area contributed by atoms with Crippen molar-refractivity contribution in [3.8, 4) is 0 Å². The Labute approximate surface area is 98.8 Å². The zero-order chi connectivity index (χ0) is 11.7. The van der Waals surface area contributed by atoms with Gasteiger partial charge in [0, 0.05) is 19.1 Å². The highest BCUT2D eigenvalue weighted by Crippen LogP contribution is 2.29. The molecule has 0 amide bonds. The molecular formula is C9H15ClN6. The van der Waals surface area contributed by atoms with Crippen molar-refractivity contribution in [1.82, 2.24) is 9.97 Å². The van der Waals surface area contributed by atoms with Crippen molar-refractivity contribution in [2.75, 3.05) is 29.5 Å². The summed E-state index contributed by atoms with van der Waals surface area (Å²) in [7, 11) is 0. The zero-order valence-electron chi connectivity index (χ0n) is 8.86. The van der Waals surface area contributed by atoms with E-state index >= 15 is 0 Å². The van der Waals surface area contributed by atoms with Crippen LogP contribution in [0.15, 0.2) is 0 Å². The highest BCUT2D eigenvalue weighted by atomic mass is 35.5. The predicted octanol–water partition coefficient (Wildman–Crippen LogP) is 0.222. The van der Waals surface area contributed by atoms with Crippen LogP contribution in [0, 0.1) is 0 Å². The summed E-state index contributed by atoms with van der Waals surface area (Å²) in [5.41, 5.74) is 17.6. The van der Waals surface area contributed by atoms with Crippen molar-refractivity contribution in [3.63, 3.8) is 0 Å². The van der Waals surface area contributed by atoms with E-state index in [4.69, 9.17) is 28.8 Å². The Balaban J connectivity index is 2.26. The molecule has 0 radical (unpaired) electrons. The number of hydrogen-bond acceptors (Lipinski definition) is 6. The summed E-state index contributed by atoms with van der Waals surface area (Å²) >= 11 is 5.86. The van der Waals surface area contributed by atoms with E-state index in [0.717, 1.165) is 25.9 Å². The molecule has 6 nitrogen and oxygen atoms in total. The highest BCUT2D eigenvalue weighted by molar-refractivity contribution is 6.32. The molecule has 0 unspecified atom stereocenters. The minimum absolute atomic E-state index is 0.143. The van der Waals surface area contributed by atoms with Gasteiger partial charge in [-0.3, -0.25) is 0 Å². The van der Waals surface area contributed by atoms with Gasteiger partial charge in [0.2, 0.25) is 5.95 Å². The Morgan fingerprint density at radius 2 is 1.81 bits per heavy atom. The van der Waals surface area contributed by atoms with Crippen LogP contribution in [-0.2, 0) is 0 Å². The van der Waals surface area contributed by atoms with Crippen LogP contribution in [0.3, 0.4) is 0 Å². The molecule has 0 spiro atoms. The normalized spacial score (nSPS) is 17.8. The second-order valence-electron chi connectivity index (χ2n) is 3.93. The Morgan fingerprint density at radius 3 is 2.44 bits per heavy atom. The SMILES string of the molecule is Nc1nc(Cl)c(N)c(N2CCC(N)CC2)n1. The summed E-state index contributed by atoms with van der Waals surface area (Å²) in [5.74, 6) is 0.758. The van der Waals surface area contributed by atoms with Gasteiger partial charge in [-0.25, -0.2) is 0 Å². The summed E-state index contributed by atoms with van der Waals surface area (Å²) < 4.78 is 0. The van der Waals surface area contributed by atoms with Gasteiger partial charge in [0.25, 0.3) is 0 Å². The van der Waals surface area contributed by atoms with Crippen molar-refractivity contribution < 1.29 is 0 Å². The van der Waals surface area contributed by atoms with E-state index in [1.807, 2.05) is 4.90 Å². The number of halogens is 1. The van der Waals surface area contributed by atoms with E-state index in [2.05, 4.69) is 9.97 Å². The topological polar surface area (TPSA) is 107 Å². The number of nitrogens with two attached hydrogens (primary N) is 3. The Morgan fingerprint density at radius 1 is 1.19 bits per heavy atom. The lowest BCUT2D eigenvalue weighted by Crippen LogP contribution is -2.40. The molecule has 7 heteroatoms. The molecule has 16 heavy (non-hydrogen) atoms. The second kappa shape index (κ2) is 4.31. The molecule has 1 saturated heterocycles.